The summed E-state index contributed by atoms with van der Waals surface area (Å²) in [5, 5.41) is 12.3. The molecule has 0 spiro atoms. The quantitative estimate of drug-likeness (QED) is 0.564. The van der Waals surface area contributed by atoms with Crippen molar-refractivity contribution in [3.8, 4) is 11.1 Å². The van der Waals surface area contributed by atoms with E-state index in [1.54, 1.807) is 0 Å². The molecule has 1 amide bonds. The van der Waals surface area contributed by atoms with Crippen LogP contribution in [0.5, 0.6) is 0 Å². The Balaban J connectivity index is 1.73. The van der Waals surface area contributed by atoms with Gasteiger partial charge in [0.15, 0.2) is 16.8 Å². The van der Waals surface area contributed by atoms with E-state index in [2.05, 4.69) is 15.5 Å². The van der Waals surface area contributed by atoms with Gasteiger partial charge in [-0.25, -0.2) is 4.21 Å². The number of primary amides is 1. The topological polar surface area (TPSA) is 118 Å². The second kappa shape index (κ2) is 7.05. The lowest BCUT2D eigenvalue weighted by Gasteiger charge is -2.12. The van der Waals surface area contributed by atoms with Crippen molar-refractivity contribution in [1.82, 2.24) is 10.2 Å². The largest absolute Gasteiger partial charge is 0.380 e. The van der Waals surface area contributed by atoms with Gasteiger partial charge in [0.1, 0.15) is 0 Å². The molecule has 1 saturated carbocycles. The predicted molar refractivity (Wildman–Crippen MR) is 105 cm³/mol. The number of benzene rings is 2. The maximum Gasteiger partial charge on any atom is 0.271 e. The molecular weight excluding hydrogens is 364 g/mol. The number of hydrogen-bond donors (Lipinski definition) is 3. The molecular formula is C19H18N4O3S. The highest BCUT2D eigenvalue weighted by Crippen LogP contribution is 2.33. The third-order valence-corrected chi connectivity index (χ3v) is 5.08. The molecule has 0 bridgehead atoms. The SMILES string of the molecule is NC(=O)c1nnc2cc(-c3ccc(CS(=O)O)cc3)ccc2c1NC1CC1. The highest BCUT2D eigenvalue weighted by molar-refractivity contribution is 7.78. The van der Waals surface area contributed by atoms with Crippen LogP contribution < -0.4 is 11.1 Å². The highest BCUT2D eigenvalue weighted by atomic mass is 32.2. The summed E-state index contributed by atoms with van der Waals surface area (Å²) in [5.41, 5.74) is 9.61. The second-order valence-electron chi connectivity index (χ2n) is 6.60. The molecule has 1 unspecified atom stereocenters. The molecule has 1 aliphatic rings. The van der Waals surface area contributed by atoms with Crippen LogP contribution in [0, 0.1) is 0 Å². The van der Waals surface area contributed by atoms with Gasteiger partial charge in [-0.1, -0.05) is 30.3 Å². The third kappa shape index (κ3) is 3.81. The Kier molecular flexibility index (Phi) is 4.59. The summed E-state index contributed by atoms with van der Waals surface area (Å²) in [6.07, 6.45) is 2.12. The van der Waals surface area contributed by atoms with Crippen molar-refractivity contribution in [2.75, 3.05) is 5.32 Å². The van der Waals surface area contributed by atoms with Crippen molar-refractivity contribution < 1.29 is 13.6 Å². The summed E-state index contributed by atoms with van der Waals surface area (Å²) in [7, 11) is 0. The number of aromatic nitrogens is 2. The number of carbonyl (C=O) groups excluding carboxylic acids is 1. The van der Waals surface area contributed by atoms with Gasteiger partial charge in [-0.05, 0) is 41.7 Å². The Morgan fingerprint density at radius 3 is 2.48 bits per heavy atom. The Bertz CT molecular complexity index is 1050. The number of nitrogens with two attached hydrogens (primary N) is 1. The van der Waals surface area contributed by atoms with Gasteiger partial charge < -0.3 is 15.6 Å². The smallest absolute Gasteiger partial charge is 0.271 e. The van der Waals surface area contributed by atoms with Crippen molar-refractivity contribution in [2.45, 2.75) is 24.6 Å². The van der Waals surface area contributed by atoms with Crippen molar-refractivity contribution in [2.24, 2.45) is 5.73 Å². The molecule has 1 aliphatic carbocycles. The van der Waals surface area contributed by atoms with Gasteiger partial charge in [0.05, 0.1) is 17.0 Å². The van der Waals surface area contributed by atoms with Gasteiger partial charge >= 0.3 is 0 Å². The predicted octanol–water partition coefficient (Wildman–Crippen LogP) is 2.69. The fourth-order valence-corrected chi connectivity index (χ4v) is 3.45. The van der Waals surface area contributed by atoms with Crippen molar-refractivity contribution >= 4 is 33.6 Å². The molecule has 0 saturated heterocycles. The molecule has 4 rings (SSSR count). The van der Waals surface area contributed by atoms with Crippen molar-refractivity contribution in [3.05, 3.63) is 53.7 Å². The van der Waals surface area contributed by atoms with Gasteiger partial charge in [0, 0.05) is 11.4 Å². The van der Waals surface area contributed by atoms with E-state index in [-0.39, 0.29) is 11.4 Å². The van der Waals surface area contributed by atoms with Gasteiger partial charge in [0.2, 0.25) is 0 Å². The van der Waals surface area contributed by atoms with Crippen LogP contribution in [-0.4, -0.2) is 30.9 Å². The molecule has 2 aromatic carbocycles. The van der Waals surface area contributed by atoms with Gasteiger partial charge in [-0.2, -0.15) is 0 Å². The van der Waals surface area contributed by atoms with Crippen LogP contribution in [0.2, 0.25) is 0 Å². The molecule has 1 fully saturated rings. The molecule has 1 atom stereocenters. The zero-order valence-electron chi connectivity index (χ0n) is 14.4. The normalized spacial score (nSPS) is 14.9. The molecule has 1 aromatic heterocycles. The number of fused-ring (bicyclic) bond motifs is 1. The van der Waals surface area contributed by atoms with Crippen LogP contribution in [0.3, 0.4) is 0 Å². The Hall–Kier alpha value is -2.84. The first kappa shape index (κ1) is 17.6. The summed E-state index contributed by atoms with van der Waals surface area (Å²) in [6, 6.07) is 13.6. The number of rotatable bonds is 6. The molecule has 4 N–H and O–H groups in total. The van der Waals surface area contributed by atoms with Crippen LogP contribution in [-0.2, 0) is 16.8 Å². The first-order valence-electron chi connectivity index (χ1n) is 8.55. The minimum Gasteiger partial charge on any atom is -0.380 e. The number of amides is 1. The maximum absolute atomic E-state index is 11.7. The molecule has 138 valence electrons. The standard InChI is InChI=1S/C19H18N4O3S/c20-19(24)18-17(21-14-6-7-14)15-8-5-13(9-16(15)22-23-18)12-3-1-11(2-4-12)10-27(25)26/h1-5,8-9,14H,6-7,10H2,(H2,20,24)(H,21,22)(H,25,26). The van der Waals surface area contributed by atoms with E-state index < -0.39 is 17.0 Å². The lowest BCUT2D eigenvalue weighted by molar-refractivity contribution is 0.0995. The fraction of sp³-hybridized carbons (Fsp3) is 0.211. The van der Waals surface area contributed by atoms with E-state index in [4.69, 9.17) is 10.3 Å². The zero-order chi connectivity index (χ0) is 19.0. The van der Waals surface area contributed by atoms with Gasteiger partial charge in [0.25, 0.3) is 5.91 Å². The van der Waals surface area contributed by atoms with E-state index in [0.29, 0.717) is 17.2 Å². The summed E-state index contributed by atoms with van der Waals surface area (Å²) in [5.74, 6) is -0.497. The number of hydrogen-bond acceptors (Lipinski definition) is 5. The third-order valence-electron chi connectivity index (χ3n) is 4.50. The van der Waals surface area contributed by atoms with Crippen LogP contribution in [0.25, 0.3) is 22.0 Å². The number of nitrogens with zero attached hydrogens (tertiary/aromatic N) is 2. The Labute approximate surface area is 158 Å². The van der Waals surface area contributed by atoms with E-state index in [0.717, 1.165) is 34.9 Å². The van der Waals surface area contributed by atoms with E-state index in [1.807, 2.05) is 42.5 Å². The first-order valence-corrected chi connectivity index (χ1v) is 9.82. The molecule has 8 heteroatoms. The molecule has 3 aromatic rings. The monoisotopic (exact) mass is 382 g/mol. The summed E-state index contributed by atoms with van der Waals surface area (Å²) < 4.78 is 19.9. The van der Waals surface area contributed by atoms with Crippen molar-refractivity contribution in [3.63, 3.8) is 0 Å². The van der Waals surface area contributed by atoms with Gasteiger partial charge in [-0.15, -0.1) is 10.2 Å². The molecule has 0 aliphatic heterocycles. The number of anilines is 1. The number of carbonyl (C=O) groups is 1. The maximum atomic E-state index is 11.7. The van der Waals surface area contributed by atoms with Gasteiger partial charge in [-0.3, -0.25) is 4.79 Å². The fourth-order valence-electron chi connectivity index (χ4n) is 2.97. The lowest BCUT2D eigenvalue weighted by atomic mass is 10.0. The lowest BCUT2D eigenvalue weighted by Crippen LogP contribution is -2.18. The second-order valence-corrected chi connectivity index (χ2v) is 7.53. The van der Waals surface area contributed by atoms with Crippen LogP contribution >= 0.6 is 0 Å². The van der Waals surface area contributed by atoms with E-state index in [9.17, 15) is 9.00 Å². The summed E-state index contributed by atoms with van der Waals surface area (Å²) in [4.78, 5) is 11.7. The Morgan fingerprint density at radius 1 is 1.15 bits per heavy atom. The Morgan fingerprint density at radius 2 is 1.85 bits per heavy atom. The first-order chi connectivity index (χ1) is 13.0. The van der Waals surface area contributed by atoms with Crippen LogP contribution in [0.4, 0.5) is 5.69 Å². The minimum atomic E-state index is -1.86. The zero-order valence-corrected chi connectivity index (χ0v) is 15.2. The van der Waals surface area contributed by atoms with Crippen LogP contribution in [0.1, 0.15) is 28.9 Å². The molecule has 27 heavy (non-hydrogen) atoms. The molecule has 0 radical (unpaired) electrons. The van der Waals surface area contributed by atoms with Crippen LogP contribution in [0.15, 0.2) is 42.5 Å². The average Bonchev–Trinajstić information content (AvgIpc) is 3.45. The van der Waals surface area contributed by atoms with E-state index >= 15 is 0 Å². The minimum absolute atomic E-state index is 0.107. The molecule has 7 nitrogen and oxygen atoms in total. The number of nitrogens with one attached hydrogen (secondary N) is 1. The van der Waals surface area contributed by atoms with E-state index in [1.165, 1.54) is 0 Å². The highest BCUT2D eigenvalue weighted by Gasteiger charge is 2.25. The van der Waals surface area contributed by atoms with Crippen molar-refractivity contribution in [1.29, 1.82) is 0 Å². The summed E-state index contributed by atoms with van der Waals surface area (Å²) >= 11 is -1.86. The summed E-state index contributed by atoms with van der Waals surface area (Å²) in [6.45, 7) is 0. The molecule has 1 heterocycles. The average molecular weight is 382 g/mol.